The van der Waals surface area contributed by atoms with Crippen molar-refractivity contribution in [2.24, 2.45) is 0 Å². The largest absolute Gasteiger partial charge is 0.354 e. The summed E-state index contributed by atoms with van der Waals surface area (Å²) in [4.78, 5) is 6.70. The van der Waals surface area contributed by atoms with Gasteiger partial charge in [0.2, 0.25) is 0 Å². The van der Waals surface area contributed by atoms with Crippen LogP contribution in [0, 0.1) is 0 Å². The molecule has 0 amide bonds. The molecule has 1 aliphatic heterocycles. The van der Waals surface area contributed by atoms with E-state index in [1.165, 1.54) is 0 Å². The van der Waals surface area contributed by atoms with E-state index in [0.717, 1.165) is 25.5 Å². The van der Waals surface area contributed by atoms with Gasteiger partial charge in [0.1, 0.15) is 5.82 Å². The topological polar surface area (TPSA) is 28.2 Å². The average molecular weight is 228 g/mol. The Hall–Kier alpha value is -0.800. The van der Waals surface area contributed by atoms with Gasteiger partial charge in [0, 0.05) is 31.4 Å². The van der Waals surface area contributed by atoms with Crippen molar-refractivity contribution in [2.75, 3.05) is 24.5 Å². The first-order valence-electron chi connectivity index (χ1n) is 5.08. The molecule has 1 fully saturated rings. The number of hydrogen-bond donors (Lipinski definition) is 1. The minimum Gasteiger partial charge on any atom is -0.354 e. The van der Waals surface area contributed by atoms with Crippen molar-refractivity contribution < 1.29 is 0 Å². The Balaban J connectivity index is 0.00000112. The van der Waals surface area contributed by atoms with Crippen molar-refractivity contribution in [1.82, 2.24) is 10.3 Å². The minimum absolute atomic E-state index is 0. The first kappa shape index (κ1) is 12.3. The molecule has 2 rings (SSSR count). The van der Waals surface area contributed by atoms with E-state index in [2.05, 4.69) is 35.1 Å². The third kappa shape index (κ3) is 3.08. The lowest BCUT2D eigenvalue weighted by Crippen LogP contribution is -2.57. The molecule has 84 valence electrons. The van der Waals surface area contributed by atoms with Gasteiger partial charge in [-0.2, -0.15) is 0 Å². The third-order valence-electron chi connectivity index (χ3n) is 2.54. The summed E-state index contributed by atoms with van der Waals surface area (Å²) in [6.45, 7) is 7.54. The second kappa shape index (κ2) is 4.81. The van der Waals surface area contributed by atoms with Crippen LogP contribution in [-0.4, -0.2) is 30.2 Å². The SMILES string of the molecule is CC1(C)CN(c2ccccn2)CCN1.Cl. The van der Waals surface area contributed by atoms with E-state index in [-0.39, 0.29) is 17.9 Å². The van der Waals surface area contributed by atoms with Gasteiger partial charge in [0.25, 0.3) is 0 Å². The van der Waals surface area contributed by atoms with Crippen molar-refractivity contribution in [3.63, 3.8) is 0 Å². The van der Waals surface area contributed by atoms with E-state index < -0.39 is 0 Å². The van der Waals surface area contributed by atoms with Gasteiger partial charge in [-0.1, -0.05) is 6.07 Å². The first-order chi connectivity index (χ1) is 6.67. The van der Waals surface area contributed by atoms with Gasteiger partial charge in [-0.25, -0.2) is 4.98 Å². The first-order valence-corrected chi connectivity index (χ1v) is 5.08. The fourth-order valence-corrected chi connectivity index (χ4v) is 1.88. The number of nitrogens with zero attached hydrogens (tertiary/aromatic N) is 2. The van der Waals surface area contributed by atoms with E-state index in [0.29, 0.717) is 0 Å². The summed E-state index contributed by atoms with van der Waals surface area (Å²) in [5.74, 6) is 1.09. The number of nitrogens with one attached hydrogen (secondary N) is 1. The number of halogens is 1. The molecule has 0 spiro atoms. The Kier molecular flexibility index (Phi) is 3.94. The molecule has 1 N–H and O–H groups in total. The second-order valence-electron chi connectivity index (χ2n) is 4.42. The molecule has 0 unspecified atom stereocenters. The molecule has 0 radical (unpaired) electrons. The predicted octanol–water partition coefficient (Wildman–Crippen LogP) is 1.69. The monoisotopic (exact) mass is 227 g/mol. The van der Waals surface area contributed by atoms with Gasteiger partial charge >= 0.3 is 0 Å². The smallest absolute Gasteiger partial charge is 0.128 e. The fraction of sp³-hybridized carbons (Fsp3) is 0.545. The van der Waals surface area contributed by atoms with Crippen LogP contribution in [0.3, 0.4) is 0 Å². The lowest BCUT2D eigenvalue weighted by atomic mass is 10.0. The molecule has 0 aliphatic carbocycles. The quantitative estimate of drug-likeness (QED) is 0.792. The maximum Gasteiger partial charge on any atom is 0.128 e. The Morgan fingerprint density at radius 2 is 2.20 bits per heavy atom. The minimum atomic E-state index is 0. The van der Waals surface area contributed by atoms with Crippen molar-refractivity contribution in [3.8, 4) is 0 Å². The van der Waals surface area contributed by atoms with Crippen LogP contribution in [0.25, 0.3) is 0 Å². The number of piperazine rings is 1. The van der Waals surface area contributed by atoms with Crippen LogP contribution in [0.2, 0.25) is 0 Å². The lowest BCUT2D eigenvalue weighted by Gasteiger charge is -2.39. The molecule has 1 aliphatic rings. The van der Waals surface area contributed by atoms with Gasteiger partial charge in [-0.05, 0) is 26.0 Å². The van der Waals surface area contributed by atoms with E-state index in [4.69, 9.17) is 0 Å². The molecule has 0 saturated carbocycles. The third-order valence-corrected chi connectivity index (χ3v) is 2.54. The van der Waals surface area contributed by atoms with Crippen LogP contribution >= 0.6 is 12.4 Å². The van der Waals surface area contributed by atoms with E-state index >= 15 is 0 Å². The van der Waals surface area contributed by atoms with Crippen molar-refractivity contribution in [2.45, 2.75) is 19.4 Å². The molecule has 0 atom stereocenters. The maximum absolute atomic E-state index is 4.37. The van der Waals surface area contributed by atoms with Crippen LogP contribution in [0.5, 0.6) is 0 Å². The highest BCUT2D eigenvalue weighted by atomic mass is 35.5. The highest BCUT2D eigenvalue weighted by Gasteiger charge is 2.25. The van der Waals surface area contributed by atoms with Gasteiger partial charge in [0.05, 0.1) is 0 Å². The van der Waals surface area contributed by atoms with Gasteiger partial charge in [-0.3, -0.25) is 0 Å². The molecular weight excluding hydrogens is 210 g/mol. The molecule has 2 heterocycles. The molecule has 4 heteroatoms. The second-order valence-corrected chi connectivity index (χ2v) is 4.42. The molecule has 0 aromatic carbocycles. The van der Waals surface area contributed by atoms with Crippen molar-refractivity contribution in [3.05, 3.63) is 24.4 Å². The molecule has 0 bridgehead atoms. The Labute approximate surface area is 97.3 Å². The summed E-state index contributed by atoms with van der Waals surface area (Å²) in [5.41, 5.74) is 0.190. The van der Waals surface area contributed by atoms with Crippen LogP contribution in [0.15, 0.2) is 24.4 Å². The summed E-state index contributed by atoms with van der Waals surface area (Å²) < 4.78 is 0. The van der Waals surface area contributed by atoms with E-state index in [1.54, 1.807) is 0 Å². The average Bonchev–Trinajstić information content (AvgIpc) is 2.18. The molecule has 1 aromatic heterocycles. The van der Waals surface area contributed by atoms with Crippen molar-refractivity contribution >= 4 is 18.2 Å². The number of anilines is 1. The summed E-state index contributed by atoms with van der Waals surface area (Å²) >= 11 is 0. The van der Waals surface area contributed by atoms with Gasteiger partial charge < -0.3 is 10.2 Å². The zero-order valence-electron chi connectivity index (χ0n) is 9.23. The number of pyridine rings is 1. The predicted molar refractivity (Wildman–Crippen MR) is 65.8 cm³/mol. The van der Waals surface area contributed by atoms with Crippen LogP contribution in [0.4, 0.5) is 5.82 Å². The molecule has 15 heavy (non-hydrogen) atoms. The Morgan fingerprint density at radius 1 is 1.40 bits per heavy atom. The van der Waals surface area contributed by atoms with Gasteiger partial charge in [-0.15, -0.1) is 12.4 Å². The summed E-state index contributed by atoms with van der Waals surface area (Å²) in [7, 11) is 0. The Morgan fingerprint density at radius 3 is 2.80 bits per heavy atom. The van der Waals surface area contributed by atoms with E-state index in [1.807, 2.05) is 18.3 Å². The number of aromatic nitrogens is 1. The van der Waals surface area contributed by atoms with Crippen LogP contribution < -0.4 is 10.2 Å². The summed E-state index contributed by atoms with van der Waals surface area (Å²) in [6, 6.07) is 6.07. The lowest BCUT2D eigenvalue weighted by molar-refractivity contribution is 0.352. The summed E-state index contributed by atoms with van der Waals surface area (Å²) in [6.07, 6.45) is 1.85. The number of rotatable bonds is 1. The molecule has 1 aromatic rings. The zero-order chi connectivity index (χ0) is 10.0. The highest BCUT2D eigenvalue weighted by Crippen LogP contribution is 2.16. The molecular formula is C11H18ClN3. The van der Waals surface area contributed by atoms with Crippen molar-refractivity contribution in [1.29, 1.82) is 0 Å². The van der Waals surface area contributed by atoms with Crippen LogP contribution in [-0.2, 0) is 0 Å². The number of hydrogen-bond acceptors (Lipinski definition) is 3. The summed E-state index contributed by atoms with van der Waals surface area (Å²) in [5, 5.41) is 3.49. The standard InChI is InChI=1S/C11H17N3.ClH/c1-11(2)9-14(8-7-13-11)10-5-3-4-6-12-10;/h3-6,13H,7-9H2,1-2H3;1H. The Bertz CT molecular complexity index is 300. The highest BCUT2D eigenvalue weighted by molar-refractivity contribution is 5.85. The normalized spacial score (nSPS) is 19.5. The van der Waals surface area contributed by atoms with Gasteiger partial charge in [0.15, 0.2) is 0 Å². The van der Waals surface area contributed by atoms with E-state index in [9.17, 15) is 0 Å². The molecule has 3 nitrogen and oxygen atoms in total. The maximum atomic E-state index is 4.37. The molecule has 1 saturated heterocycles. The zero-order valence-corrected chi connectivity index (χ0v) is 10.0. The van der Waals surface area contributed by atoms with Crippen LogP contribution in [0.1, 0.15) is 13.8 Å². The fourth-order valence-electron chi connectivity index (χ4n) is 1.88.